The quantitative estimate of drug-likeness (QED) is 0.729. The predicted octanol–water partition coefficient (Wildman–Crippen LogP) is 0.131. The van der Waals surface area contributed by atoms with Crippen LogP contribution in [0.2, 0.25) is 0 Å². The molecule has 1 aliphatic heterocycles. The number of hydrogen-bond acceptors (Lipinski definition) is 4. The van der Waals surface area contributed by atoms with Gasteiger partial charge >= 0.3 is 12.0 Å². The molecule has 1 saturated heterocycles. The highest BCUT2D eigenvalue weighted by molar-refractivity contribution is 6.08. The molecule has 0 bridgehead atoms. The zero-order valence-electron chi connectivity index (χ0n) is 8.97. The molecule has 0 aromatic carbocycles. The zero-order valence-corrected chi connectivity index (χ0v) is 8.97. The number of rotatable bonds is 3. The van der Waals surface area contributed by atoms with Crippen molar-refractivity contribution in [2.24, 2.45) is 0 Å². The van der Waals surface area contributed by atoms with Gasteiger partial charge in [-0.15, -0.1) is 0 Å². The van der Waals surface area contributed by atoms with Crippen LogP contribution in [0.4, 0.5) is 4.79 Å². The Hall–Kier alpha value is -2.31. The minimum absolute atomic E-state index is 0.267. The number of nitrogens with zero attached hydrogens (tertiary/aromatic N) is 1. The van der Waals surface area contributed by atoms with Crippen molar-refractivity contribution < 1.29 is 23.9 Å². The van der Waals surface area contributed by atoms with Crippen LogP contribution in [0, 0.1) is 0 Å². The molecule has 0 aliphatic carbocycles. The lowest BCUT2D eigenvalue weighted by atomic mass is 9.99. The van der Waals surface area contributed by atoms with Crippen LogP contribution in [0.5, 0.6) is 0 Å². The van der Waals surface area contributed by atoms with Gasteiger partial charge in [-0.2, -0.15) is 0 Å². The predicted molar refractivity (Wildman–Crippen MR) is 53.9 cm³/mol. The van der Waals surface area contributed by atoms with Crippen LogP contribution in [0.1, 0.15) is 12.7 Å². The van der Waals surface area contributed by atoms with Crippen molar-refractivity contribution in [3.8, 4) is 0 Å². The number of nitrogens with one attached hydrogen (secondary N) is 1. The summed E-state index contributed by atoms with van der Waals surface area (Å²) in [7, 11) is 0. The number of urea groups is 1. The Bertz CT molecular complexity index is 481. The molecule has 7 heteroatoms. The lowest BCUT2D eigenvalue weighted by Crippen LogP contribution is -2.41. The van der Waals surface area contributed by atoms with E-state index >= 15 is 0 Å². The van der Waals surface area contributed by atoms with E-state index in [1.54, 1.807) is 12.1 Å². The number of furan rings is 1. The third-order valence-corrected chi connectivity index (χ3v) is 2.58. The molecule has 1 aliphatic rings. The monoisotopic (exact) mass is 238 g/mol. The fraction of sp³-hybridized carbons (Fsp3) is 0.300. The highest BCUT2D eigenvalue weighted by Gasteiger charge is 2.51. The van der Waals surface area contributed by atoms with Gasteiger partial charge < -0.3 is 14.8 Å². The molecule has 3 amide bonds. The molecule has 1 fully saturated rings. The maximum Gasteiger partial charge on any atom is 0.325 e. The second kappa shape index (κ2) is 3.62. The number of imide groups is 1. The third kappa shape index (κ3) is 1.65. The summed E-state index contributed by atoms with van der Waals surface area (Å²) in [4.78, 5) is 34.7. The van der Waals surface area contributed by atoms with Crippen molar-refractivity contribution in [1.82, 2.24) is 10.2 Å². The second-order valence-corrected chi connectivity index (χ2v) is 3.82. The summed E-state index contributed by atoms with van der Waals surface area (Å²) in [6.07, 6.45) is 1.37. The molecule has 90 valence electrons. The number of aliphatic carboxylic acids is 1. The molecule has 7 nitrogen and oxygen atoms in total. The average Bonchev–Trinajstić information content (AvgIpc) is 2.83. The SMILES string of the molecule is CC1(c2ccco2)NC(=O)N(CC(=O)O)C1=O. The van der Waals surface area contributed by atoms with Gasteiger partial charge in [0.05, 0.1) is 6.26 Å². The van der Waals surface area contributed by atoms with Crippen LogP contribution in [0.25, 0.3) is 0 Å². The van der Waals surface area contributed by atoms with Crippen molar-refractivity contribution in [3.63, 3.8) is 0 Å². The van der Waals surface area contributed by atoms with E-state index in [2.05, 4.69) is 5.32 Å². The third-order valence-electron chi connectivity index (χ3n) is 2.58. The van der Waals surface area contributed by atoms with Gasteiger partial charge in [0.15, 0.2) is 5.54 Å². The molecule has 1 aromatic rings. The summed E-state index contributed by atoms with van der Waals surface area (Å²) in [5.41, 5.74) is -1.34. The number of carbonyl (C=O) groups excluding carboxylic acids is 2. The second-order valence-electron chi connectivity index (χ2n) is 3.82. The Labute approximate surface area is 96.0 Å². The standard InChI is InChI=1S/C10H10N2O5/c1-10(6-3-2-4-17-6)8(15)12(5-7(13)14)9(16)11-10/h2-4H,5H2,1H3,(H,11,16)(H,13,14). The highest BCUT2D eigenvalue weighted by atomic mass is 16.4. The molecule has 2 rings (SSSR count). The summed E-state index contributed by atoms with van der Waals surface area (Å²) in [5, 5.41) is 11.0. The molecule has 2 heterocycles. The number of hydrogen-bond donors (Lipinski definition) is 2. The molecule has 17 heavy (non-hydrogen) atoms. The van der Waals surface area contributed by atoms with Gasteiger partial charge in [0.1, 0.15) is 12.3 Å². The number of carboxylic acid groups (broad SMARTS) is 1. The van der Waals surface area contributed by atoms with E-state index in [1.807, 2.05) is 0 Å². The van der Waals surface area contributed by atoms with Crippen LogP contribution in [-0.2, 0) is 15.1 Å². The van der Waals surface area contributed by atoms with Gasteiger partial charge in [-0.05, 0) is 19.1 Å². The van der Waals surface area contributed by atoms with Crippen molar-refractivity contribution in [2.45, 2.75) is 12.5 Å². The maximum absolute atomic E-state index is 12.0. The Morgan fingerprint density at radius 1 is 1.59 bits per heavy atom. The van der Waals surface area contributed by atoms with Crippen LogP contribution >= 0.6 is 0 Å². The van der Waals surface area contributed by atoms with E-state index < -0.39 is 30.0 Å². The number of carbonyl (C=O) groups is 3. The largest absolute Gasteiger partial charge is 0.480 e. The van der Waals surface area contributed by atoms with Crippen LogP contribution in [0.3, 0.4) is 0 Å². The molecule has 0 radical (unpaired) electrons. The van der Waals surface area contributed by atoms with Crippen molar-refractivity contribution in [2.75, 3.05) is 6.54 Å². The summed E-state index contributed by atoms with van der Waals surface area (Å²) >= 11 is 0. The zero-order chi connectivity index (χ0) is 12.6. The lowest BCUT2D eigenvalue weighted by molar-refractivity contribution is -0.142. The fourth-order valence-electron chi connectivity index (χ4n) is 1.71. The molecule has 0 spiro atoms. The Kier molecular flexibility index (Phi) is 2.38. The van der Waals surface area contributed by atoms with E-state index in [9.17, 15) is 14.4 Å². The Balaban J connectivity index is 2.32. The van der Waals surface area contributed by atoms with Gasteiger partial charge in [0.2, 0.25) is 0 Å². The first kappa shape index (κ1) is 11.2. The van der Waals surface area contributed by atoms with E-state index in [0.29, 0.717) is 4.90 Å². The molecule has 0 saturated carbocycles. The first-order chi connectivity index (χ1) is 7.95. The fourth-order valence-corrected chi connectivity index (χ4v) is 1.71. The number of amides is 3. The van der Waals surface area contributed by atoms with Crippen LogP contribution < -0.4 is 5.32 Å². The minimum atomic E-state index is -1.34. The molecule has 1 unspecified atom stereocenters. The van der Waals surface area contributed by atoms with Crippen molar-refractivity contribution in [1.29, 1.82) is 0 Å². The molecular formula is C10H10N2O5. The van der Waals surface area contributed by atoms with E-state index in [-0.39, 0.29) is 5.76 Å². The van der Waals surface area contributed by atoms with Gasteiger partial charge in [-0.1, -0.05) is 0 Å². The summed E-state index contributed by atoms with van der Waals surface area (Å²) in [6, 6.07) is 2.39. The van der Waals surface area contributed by atoms with Crippen molar-refractivity contribution in [3.05, 3.63) is 24.2 Å². The van der Waals surface area contributed by atoms with Gasteiger partial charge in [-0.3, -0.25) is 14.5 Å². The van der Waals surface area contributed by atoms with E-state index in [0.717, 1.165) is 0 Å². The first-order valence-electron chi connectivity index (χ1n) is 4.85. The molecule has 2 N–H and O–H groups in total. The Morgan fingerprint density at radius 3 is 2.82 bits per heavy atom. The molecule has 1 atom stereocenters. The molecule has 1 aromatic heterocycles. The Morgan fingerprint density at radius 2 is 2.29 bits per heavy atom. The number of carboxylic acids is 1. The summed E-state index contributed by atoms with van der Waals surface area (Å²) in [5.74, 6) is -1.62. The van der Waals surface area contributed by atoms with Gasteiger partial charge in [-0.25, -0.2) is 4.79 Å². The highest BCUT2D eigenvalue weighted by Crippen LogP contribution is 2.28. The van der Waals surface area contributed by atoms with Gasteiger partial charge in [0.25, 0.3) is 5.91 Å². The van der Waals surface area contributed by atoms with E-state index in [4.69, 9.17) is 9.52 Å². The molecular weight excluding hydrogens is 228 g/mol. The lowest BCUT2D eigenvalue weighted by Gasteiger charge is -2.18. The topological polar surface area (TPSA) is 99.8 Å². The first-order valence-corrected chi connectivity index (χ1v) is 4.85. The minimum Gasteiger partial charge on any atom is -0.480 e. The maximum atomic E-state index is 12.0. The van der Waals surface area contributed by atoms with Crippen LogP contribution in [-0.4, -0.2) is 34.5 Å². The summed E-state index contributed by atoms with van der Waals surface area (Å²) < 4.78 is 5.08. The average molecular weight is 238 g/mol. The smallest absolute Gasteiger partial charge is 0.325 e. The normalized spacial score (nSPS) is 23.9. The summed E-state index contributed by atoms with van der Waals surface area (Å²) in [6.45, 7) is 0.800. The van der Waals surface area contributed by atoms with E-state index in [1.165, 1.54) is 13.2 Å². The van der Waals surface area contributed by atoms with Gasteiger partial charge in [0, 0.05) is 0 Å². The van der Waals surface area contributed by atoms with Crippen molar-refractivity contribution >= 4 is 17.9 Å². The van der Waals surface area contributed by atoms with Crippen LogP contribution in [0.15, 0.2) is 22.8 Å².